The van der Waals surface area contributed by atoms with Crippen LogP contribution in [0.1, 0.15) is 15.9 Å². The molecule has 3 aromatic rings. The zero-order chi connectivity index (χ0) is 15.4. The molecule has 0 atom stereocenters. The molecule has 6 heteroatoms. The predicted octanol–water partition coefficient (Wildman–Crippen LogP) is 3.06. The van der Waals surface area contributed by atoms with Gasteiger partial charge in [-0.15, -0.1) is 0 Å². The summed E-state index contributed by atoms with van der Waals surface area (Å²) in [7, 11) is 0. The zero-order valence-electron chi connectivity index (χ0n) is 11.6. The number of nitrogens with one attached hydrogen (secondary N) is 2. The molecule has 110 valence electrons. The van der Waals surface area contributed by atoms with Crippen molar-refractivity contribution < 1.29 is 4.79 Å². The standard InChI is InChI=1S/C16H13ClN4O/c17-14-4-1-11(2-5-14)7-19-16(22)12-3-6-15(18-8-12)13-9-20-21-10-13/h1-6,8-10H,7H2,(H,19,22)(H,20,21). The van der Waals surface area contributed by atoms with Crippen molar-refractivity contribution >= 4 is 17.5 Å². The average molecular weight is 313 g/mol. The van der Waals surface area contributed by atoms with E-state index in [1.807, 2.05) is 12.1 Å². The first-order chi connectivity index (χ1) is 10.7. The Morgan fingerprint density at radius 1 is 1.14 bits per heavy atom. The minimum atomic E-state index is -0.166. The van der Waals surface area contributed by atoms with Crippen LogP contribution in [0, 0.1) is 0 Å². The third-order valence-corrected chi connectivity index (χ3v) is 3.44. The van der Waals surface area contributed by atoms with Crippen LogP contribution in [-0.2, 0) is 6.54 Å². The van der Waals surface area contributed by atoms with Gasteiger partial charge in [-0.2, -0.15) is 5.10 Å². The van der Waals surface area contributed by atoms with Crippen molar-refractivity contribution in [1.29, 1.82) is 0 Å². The number of aromatic amines is 1. The highest BCUT2D eigenvalue weighted by atomic mass is 35.5. The van der Waals surface area contributed by atoms with Crippen molar-refractivity contribution in [1.82, 2.24) is 20.5 Å². The van der Waals surface area contributed by atoms with Gasteiger partial charge in [0.1, 0.15) is 0 Å². The quantitative estimate of drug-likeness (QED) is 0.778. The van der Waals surface area contributed by atoms with Gasteiger partial charge in [-0.25, -0.2) is 0 Å². The molecule has 0 aliphatic carbocycles. The summed E-state index contributed by atoms with van der Waals surface area (Å²) >= 11 is 5.83. The lowest BCUT2D eigenvalue weighted by molar-refractivity contribution is 0.0950. The number of H-pyrrole nitrogens is 1. The molecule has 3 rings (SSSR count). The lowest BCUT2D eigenvalue weighted by Gasteiger charge is -2.06. The van der Waals surface area contributed by atoms with Crippen LogP contribution < -0.4 is 5.32 Å². The van der Waals surface area contributed by atoms with Crippen molar-refractivity contribution in [2.45, 2.75) is 6.54 Å². The topological polar surface area (TPSA) is 70.7 Å². The number of halogens is 1. The molecule has 0 aliphatic rings. The van der Waals surface area contributed by atoms with Crippen LogP contribution in [0.5, 0.6) is 0 Å². The Kier molecular flexibility index (Phi) is 4.16. The second-order valence-electron chi connectivity index (χ2n) is 4.73. The number of pyridine rings is 1. The number of aromatic nitrogens is 3. The Labute approximate surface area is 132 Å². The zero-order valence-corrected chi connectivity index (χ0v) is 12.3. The van der Waals surface area contributed by atoms with E-state index in [9.17, 15) is 4.79 Å². The lowest BCUT2D eigenvalue weighted by atomic mass is 10.2. The van der Waals surface area contributed by atoms with Crippen molar-refractivity contribution in [2.24, 2.45) is 0 Å². The summed E-state index contributed by atoms with van der Waals surface area (Å²) in [5.74, 6) is -0.166. The Hall–Kier alpha value is -2.66. The molecule has 2 aromatic heterocycles. The van der Waals surface area contributed by atoms with E-state index in [1.54, 1.807) is 42.9 Å². The molecule has 1 amide bonds. The molecule has 0 spiro atoms. The maximum Gasteiger partial charge on any atom is 0.253 e. The third-order valence-electron chi connectivity index (χ3n) is 3.19. The molecular formula is C16H13ClN4O. The number of hydrogen-bond acceptors (Lipinski definition) is 3. The highest BCUT2D eigenvalue weighted by molar-refractivity contribution is 6.30. The van der Waals surface area contributed by atoms with Crippen LogP contribution in [-0.4, -0.2) is 21.1 Å². The summed E-state index contributed by atoms with van der Waals surface area (Å²) in [4.78, 5) is 16.4. The number of nitrogens with zero attached hydrogens (tertiary/aromatic N) is 2. The molecule has 0 unspecified atom stereocenters. The summed E-state index contributed by atoms with van der Waals surface area (Å²) in [6.45, 7) is 0.444. The van der Waals surface area contributed by atoms with Gasteiger partial charge in [-0.05, 0) is 29.8 Å². The van der Waals surface area contributed by atoms with Gasteiger partial charge in [0.15, 0.2) is 0 Å². The van der Waals surface area contributed by atoms with E-state index in [0.717, 1.165) is 16.8 Å². The molecule has 0 radical (unpaired) electrons. The number of rotatable bonds is 4. The van der Waals surface area contributed by atoms with Gasteiger partial charge < -0.3 is 5.32 Å². The van der Waals surface area contributed by atoms with Crippen LogP contribution in [0.4, 0.5) is 0 Å². The number of hydrogen-bond donors (Lipinski definition) is 2. The number of benzene rings is 1. The highest BCUT2D eigenvalue weighted by Gasteiger charge is 2.07. The van der Waals surface area contributed by atoms with E-state index in [0.29, 0.717) is 17.1 Å². The van der Waals surface area contributed by atoms with Gasteiger partial charge in [0.2, 0.25) is 0 Å². The Morgan fingerprint density at radius 2 is 1.95 bits per heavy atom. The highest BCUT2D eigenvalue weighted by Crippen LogP contribution is 2.14. The molecule has 22 heavy (non-hydrogen) atoms. The molecule has 2 heterocycles. The van der Waals surface area contributed by atoms with Crippen LogP contribution >= 0.6 is 11.6 Å². The second-order valence-corrected chi connectivity index (χ2v) is 5.16. The average Bonchev–Trinajstić information content (AvgIpc) is 3.09. The van der Waals surface area contributed by atoms with Crippen molar-refractivity contribution in [3.05, 3.63) is 71.1 Å². The van der Waals surface area contributed by atoms with Crippen LogP contribution in [0.25, 0.3) is 11.3 Å². The van der Waals surface area contributed by atoms with Crippen LogP contribution in [0.2, 0.25) is 5.02 Å². The number of amides is 1. The number of carbonyl (C=O) groups excluding carboxylic acids is 1. The van der Waals surface area contributed by atoms with E-state index in [-0.39, 0.29) is 5.91 Å². The van der Waals surface area contributed by atoms with Crippen molar-refractivity contribution in [3.63, 3.8) is 0 Å². The molecule has 0 fully saturated rings. The molecular weight excluding hydrogens is 300 g/mol. The van der Waals surface area contributed by atoms with Gasteiger partial charge in [-0.3, -0.25) is 14.9 Å². The molecule has 0 aliphatic heterocycles. The van der Waals surface area contributed by atoms with E-state index in [4.69, 9.17) is 11.6 Å². The van der Waals surface area contributed by atoms with Gasteiger partial charge in [0.25, 0.3) is 5.91 Å². The monoisotopic (exact) mass is 312 g/mol. The molecule has 2 N–H and O–H groups in total. The van der Waals surface area contributed by atoms with Gasteiger partial charge in [0, 0.05) is 29.5 Å². The Bertz CT molecular complexity index is 752. The van der Waals surface area contributed by atoms with Gasteiger partial charge in [0.05, 0.1) is 17.5 Å². The minimum Gasteiger partial charge on any atom is -0.348 e. The lowest BCUT2D eigenvalue weighted by Crippen LogP contribution is -2.22. The van der Waals surface area contributed by atoms with Crippen molar-refractivity contribution in [2.75, 3.05) is 0 Å². The molecule has 0 saturated heterocycles. The van der Waals surface area contributed by atoms with E-state index >= 15 is 0 Å². The normalized spacial score (nSPS) is 10.4. The summed E-state index contributed by atoms with van der Waals surface area (Å²) in [6, 6.07) is 10.9. The van der Waals surface area contributed by atoms with E-state index in [2.05, 4.69) is 20.5 Å². The maximum absolute atomic E-state index is 12.1. The fourth-order valence-electron chi connectivity index (χ4n) is 1.98. The summed E-state index contributed by atoms with van der Waals surface area (Å²) in [5.41, 5.74) is 3.15. The first kappa shape index (κ1) is 14.3. The second kappa shape index (κ2) is 6.41. The third kappa shape index (κ3) is 3.32. The summed E-state index contributed by atoms with van der Waals surface area (Å²) in [6.07, 6.45) is 4.99. The molecule has 0 saturated carbocycles. The fraction of sp³-hybridized carbons (Fsp3) is 0.0625. The van der Waals surface area contributed by atoms with E-state index in [1.165, 1.54) is 0 Å². The largest absolute Gasteiger partial charge is 0.348 e. The fourth-order valence-corrected chi connectivity index (χ4v) is 2.10. The first-order valence-corrected chi connectivity index (χ1v) is 7.08. The SMILES string of the molecule is O=C(NCc1ccc(Cl)cc1)c1ccc(-c2cn[nH]c2)nc1. The van der Waals surface area contributed by atoms with Crippen LogP contribution in [0.3, 0.4) is 0 Å². The predicted molar refractivity (Wildman–Crippen MR) is 84.4 cm³/mol. The summed E-state index contributed by atoms with van der Waals surface area (Å²) < 4.78 is 0. The molecule has 5 nitrogen and oxygen atoms in total. The maximum atomic E-state index is 12.1. The Morgan fingerprint density at radius 3 is 2.59 bits per heavy atom. The number of carbonyl (C=O) groups is 1. The van der Waals surface area contributed by atoms with Crippen LogP contribution in [0.15, 0.2) is 55.0 Å². The smallest absolute Gasteiger partial charge is 0.253 e. The molecule has 1 aromatic carbocycles. The van der Waals surface area contributed by atoms with E-state index < -0.39 is 0 Å². The van der Waals surface area contributed by atoms with Gasteiger partial charge in [-0.1, -0.05) is 23.7 Å². The summed E-state index contributed by atoms with van der Waals surface area (Å²) in [5, 5.41) is 10.1. The first-order valence-electron chi connectivity index (χ1n) is 6.70. The molecule has 0 bridgehead atoms. The minimum absolute atomic E-state index is 0.166. The van der Waals surface area contributed by atoms with Crippen molar-refractivity contribution in [3.8, 4) is 11.3 Å². The van der Waals surface area contributed by atoms with Gasteiger partial charge >= 0.3 is 0 Å². The Balaban J connectivity index is 1.63.